The predicted molar refractivity (Wildman–Crippen MR) is 99.2 cm³/mol. The molecule has 6 nitrogen and oxygen atoms in total. The van der Waals surface area contributed by atoms with Crippen LogP contribution in [0.25, 0.3) is 10.7 Å². The lowest BCUT2D eigenvalue weighted by molar-refractivity contribution is -0.135. The number of carbonyl (C=O) groups excluding carboxylic acids is 1. The lowest BCUT2D eigenvalue weighted by atomic mass is 9.75. The summed E-state index contributed by atoms with van der Waals surface area (Å²) in [5, 5.41) is 14.5. The monoisotopic (exact) mass is 386 g/mol. The molecule has 1 aromatic carbocycles. The first-order chi connectivity index (χ1) is 12.9. The molecule has 2 N–H and O–H groups in total. The minimum Gasteiger partial charge on any atom is -0.289 e. The number of carbonyl (C=O) groups is 1. The van der Waals surface area contributed by atoms with Crippen LogP contribution in [0.4, 0.5) is 4.39 Å². The molecule has 0 saturated carbocycles. The van der Waals surface area contributed by atoms with Crippen molar-refractivity contribution >= 4 is 17.2 Å². The molecule has 27 heavy (non-hydrogen) atoms. The summed E-state index contributed by atoms with van der Waals surface area (Å²) in [4.78, 5) is 18.4. The molecule has 8 heteroatoms. The SMILES string of the molecule is Cc1cc(-c2nc3c(s2)C[C@@](C(=O)NO)(c2cccc(F)c2C)C3)n(C)n1. The van der Waals surface area contributed by atoms with Crippen LogP contribution in [0.5, 0.6) is 0 Å². The van der Waals surface area contributed by atoms with E-state index >= 15 is 0 Å². The summed E-state index contributed by atoms with van der Waals surface area (Å²) in [5.74, 6) is -0.911. The zero-order chi connectivity index (χ0) is 19.3. The molecule has 0 fully saturated rings. The van der Waals surface area contributed by atoms with Crippen LogP contribution in [0.2, 0.25) is 0 Å². The van der Waals surface area contributed by atoms with E-state index in [2.05, 4.69) is 5.10 Å². The Morgan fingerprint density at radius 3 is 2.78 bits per heavy atom. The summed E-state index contributed by atoms with van der Waals surface area (Å²) >= 11 is 1.51. The maximum atomic E-state index is 14.1. The molecule has 0 aliphatic heterocycles. The summed E-state index contributed by atoms with van der Waals surface area (Å²) in [6.45, 7) is 3.58. The zero-order valence-corrected chi connectivity index (χ0v) is 16.0. The molecule has 4 rings (SSSR count). The van der Waals surface area contributed by atoms with E-state index in [0.29, 0.717) is 24.0 Å². The van der Waals surface area contributed by atoms with Gasteiger partial charge >= 0.3 is 0 Å². The van der Waals surface area contributed by atoms with E-state index in [0.717, 1.165) is 27.0 Å². The number of hydrogen-bond acceptors (Lipinski definition) is 5. The second kappa shape index (κ2) is 6.24. The normalized spacial score (nSPS) is 18.6. The third kappa shape index (κ3) is 2.67. The summed E-state index contributed by atoms with van der Waals surface area (Å²) in [5.41, 5.74) is 4.35. The smallest absolute Gasteiger partial charge is 0.254 e. The van der Waals surface area contributed by atoms with Gasteiger partial charge in [0.05, 0.1) is 22.5 Å². The van der Waals surface area contributed by atoms with E-state index in [1.165, 1.54) is 17.4 Å². The van der Waals surface area contributed by atoms with Crippen molar-refractivity contribution in [2.75, 3.05) is 0 Å². The molecule has 1 aliphatic rings. The molecule has 140 valence electrons. The number of fused-ring (bicyclic) bond motifs is 1. The van der Waals surface area contributed by atoms with Crippen LogP contribution in [0.1, 0.15) is 27.4 Å². The van der Waals surface area contributed by atoms with Gasteiger partial charge in [0.15, 0.2) is 0 Å². The lowest BCUT2D eigenvalue weighted by Crippen LogP contribution is -2.44. The Labute approximate surface area is 159 Å². The minimum absolute atomic E-state index is 0.312. The molecule has 1 atom stereocenters. The Morgan fingerprint density at radius 2 is 2.15 bits per heavy atom. The second-order valence-electron chi connectivity index (χ2n) is 6.97. The van der Waals surface area contributed by atoms with Crippen molar-refractivity contribution in [3.05, 3.63) is 57.5 Å². The van der Waals surface area contributed by atoms with Gasteiger partial charge in [-0.05, 0) is 37.1 Å². The van der Waals surface area contributed by atoms with Crippen molar-refractivity contribution in [2.24, 2.45) is 7.05 Å². The van der Waals surface area contributed by atoms with Crippen molar-refractivity contribution in [1.29, 1.82) is 0 Å². The Kier molecular flexibility index (Phi) is 4.12. The molecule has 0 unspecified atom stereocenters. The van der Waals surface area contributed by atoms with Crippen LogP contribution < -0.4 is 5.48 Å². The minimum atomic E-state index is -1.06. The Balaban J connectivity index is 1.78. The Bertz CT molecular complexity index is 1030. The second-order valence-corrected chi connectivity index (χ2v) is 8.06. The van der Waals surface area contributed by atoms with Crippen LogP contribution in [0.15, 0.2) is 24.3 Å². The molecular weight excluding hydrogens is 367 g/mol. The highest BCUT2D eigenvalue weighted by atomic mass is 32.1. The molecule has 3 aromatic rings. The molecule has 2 heterocycles. The first-order valence-electron chi connectivity index (χ1n) is 8.55. The van der Waals surface area contributed by atoms with Crippen LogP contribution in [0, 0.1) is 19.7 Å². The van der Waals surface area contributed by atoms with E-state index in [9.17, 15) is 14.4 Å². The topological polar surface area (TPSA) is 80.0 Å². The third-order valence-corrected chi connectivity index (χ3v) is 6.37. The Morgan fingerprint density at radius 1 is 1.37 bits per heavy atom. The average molecular weight is 386 g/mol. The fourth-order valence-electron chi connectivity index (χ4n) is 3.91. The van der Waals surface area contributed by atoms with Crippen molar-refractivity contribution in [2.45, 2.75) is 32.1 Å². The number of rotatable bonds is 3. The summed E-state index contributed by atoms with van der Waals surface area (Å²) in [6, 6.07) is 6.68. The number of hydrogen-bond donors (Lipinski definition) is 2. The maximum Gasteiger partial charge on any atom is 0.254 e. The maximum absolute atomic E-state index is 14.1. The molecule has 0 spiro atoms. The number of hydroxylamine groups is 1. The van der Waals surface area contributed by atoms with Crippen LogP contribution >= 0.6 is 11.3 Å². The quantitative estimate of drug-likeness (QED) is 0.536. The number of amides is 1. The number of thiazole rings is 1. The van der Waals surface area contributed by atoms with Gasteiger partial charge in [-0.15, -0.1) is 11.3 Å². The van der Waals surface area contributed by atoms with Crippen molar-refractivity contribution in [3.63, 3.8) is 0 Å². The van der Waals surface area contributed by atoms with Gasteiger partial charge in [0.2, 0.25) is 0 Å². The third-order valence-electron chi connectivity index (χ3n) is 5.25. The average Bonchev–Trinajstić information content (AvgIpc) is 3.27. The number of benzene rings is 1. The van der Waals surface area contributed by atoms with E-state index in [1.807, 2.05) is 20.0 Å². The molecule has 0 bridgehead atoms. The number of aryl methyl sites for hydroxylation is 2. The van der Waals surface area contributed by atoms with Gasteiger partial charge in [-0.3, -0.25) is 14.7 Å². The van der Waals surface area contributed by atoms with Gasteiger partial charge < -0.3 is 0 Å². The van der Waals surface area contributed by atoms with Crippen molar-refractivity contribution in [1.82, 2.24) is 20.2 Å². The molecule has 1 aliphatic carbocycles. The van der Waals surface area contributed by atoms with E-state index in [-0.39, 0.29) is 5.82 Å². The van der Waals surface area contributed by atoms with Gasteiger partial charge in [-0.2, -0.15) is 5.10 Å². The predicted octanol–water partition coefficient (Wildman–Crippen LogP) is 2.84. The highest BCUT2D eigenvalue weighted by molar-refractivity contribution is 7.15. The number of halogens is 1. The van der Waals surface area contributed by atoms with Gasteiger partial charge in [-0.1, -0.05) is 12.1 Å². The summed E-state index contributed by atoms with van der Waals surface area (Å²) < 4.78 is 15.9. The van der Waals surface area contributed by atoms with Gasteiger partial charge in [0.1, 0.15) is 10.8 Å². The van der Waals surface area contributed by atoms with Crippen LogP contribution in [0.3, 0.4) is 0 Å². The molecule has 0 radical (unpaired) electrons. The van der Waals surface area contributed by atoms with Gasteiger partial charge in [0.25, 0.3) is 5.91 Å². The molecule has 2 aromatic heterocycles. The fraction of sp³-hybridized carbons (Fsp3) is 0.316. The molecular formula is C19H19FN4O2S. The standard InChI is InChI=1S/C19H19FN4O2S/c1-10-7-15(24(3)22-10)17-21-14-8-19(18(25)23-26,9-16(14)27-17)12-5-4-6-13(20)11(12)2/h4-7,26H,8-9H2,1-3H3,(H,23,25)/t19-/m1/s1. The van der Waals surface area contributed by atoms with Gasteiger partial charge in [0, 0.05) is 24.8 Å². The first kappa shape index (κ1) is 17.8. The Hall–Kier alpha value is -2.58. The number of aromatic nitrogens is 3. The first-order valence-corrected chi connectivity index (χ1v) is 9.37. The van der Waals surface area contributed by atoms with Gasteiger partial charge in [-0.25, -0.2) is 14.9 Å². The number of nitrogens with zero attached hydrogens (tertiary/aromatic N) is 3. The summed E-state index contributed by atoms with van der Waals surface area (Å²) in [6.07, 6.45) is 0.680. The highest BCUT2D eigenvalue weighted by Gasteiger charge is 2.48. The van der Waals surface area contributed by atoms with E-state index < -0.39 is 11.3 Å². The van der Waals surface area contributed by atoms with Crippen molar-refractivity contribution in [3.8, 4) is 10.7 Å². The van der Waals surface area contributed by atoms with E-state index in [4.69, 9.17) is 4.98 Å². The zero-order valence-electron chi connectivity index (χ0n) is 15.2. The largest absolute Gasteiger partial charge is 0.289 e. The van der Waals surface area contributed by atoms with E-state index in [1.54, 1.807) is 29.2 Å². The molecule has 0 saturated heterocycles. The van der Waals surface area contributed by atoms with Crippen molar-refractivity contribution < 1.29 is 14.4 Å². The lowest BCUT2D eigenvalue weighted by Gasteiger charge is -2.28. The highest BCUT2D eigenvalue weighted by Crippen LogP contribution is 2.45. The molecule has 1 amide bonds. The fourth-order valence-corrected chi connectivity index (χ4v) is 5.15. The summed E-state index contributed by atoms with van der Waals surface area (Å²) in [7, 11) is 1.87. The van der Waals surface area contributed by atoms with Crippen LogP contribution in [-0.4, -0.2) is 25.9 Å². The number of nitrogens with one attached hydrogen (secondary N) is 1. The van der Waals surface area contributed by atoms with Crippen LogP contribution in [-0.2, 0) is 30.1 Å².